The van der Waals surface area contributed by atoms with E-state index in [-0.39, 0.29) is 5.78 Å². The highest BCUT2D eigenvalue weighted by atomic mass is 16.1. The number of carbonyl (C=O) groups is 1. The number of unbranched alkanes of at least 4 members (excludes halogenated alkanes) is 1. The van der Waals surface area contributed by atoms with Gasteiger partial charge in [0.1, 0.15) is 0 Å². The molecule has 0 N–H and O–H groups in total. The number of rotatable bonds is 8. The fourth-order valence-electron chi connectivity index (χ4n) is 1.85. The highest BCUT2D eigenvalue weighted by Crippen LogP contribution is 2.08. The fraction of sp³-hybridized carbons (Fsp3) is 0.643. The van der Waals surface area contributed by atoms with Crippen LogP contribution in [0, 0.1) is 0 Å². The highest BCUT2D eigenvalue weighted by molar-refractivity contribution is 5.93. The Bertz CT molecular complexity index is 276. The first-order valence-corrected chi connectivity index (χ1v) is 5.90. The van der Waals surface area contributed by atoms with Gasteiger partial charge < -0.3 is 4.48 Å². The van der Waals surface area contributed by atoms with Gasteiger partial charge in [-0.25, -0.2) is 0 Å². The predicted octanol–water partition coefficient (Wildman–Crippen LogP) is 2.95. The van der Waals surface area contributed by atoms with Gasteiger partial charge in [-0.1, -0.05) is 13.2 Å². The van der Waals surface area contributed by atoms with Crippen molar-refractivity contribution in [3.63, 3.8) is 0 Å². The number of allylic oxidation sites excluding steroid dienone is 1. The first-order chi connectivity index (χ1) is 7.24. The topological polar surface area (TPSA) is 17.1 Å². The van der Waals surface area contributed by atoms with Gasteiger partial charge in [0.05, 0.1) is 27.2 Å². The van der Waals surface area contributed by atoms with Crippen molar-refractivity contribution in [2.75, 3.05) is 27.2 Å². The second kappa shape index (κ2) is 6.64. The van der Waals surface area contributed by atoms with E-state index in [2.05, 4.69) is 34.2 Å². The number of nitrogens with zero attached hydrogens (tertiary/aromatic N) is 1. The fourth-order valence-corrected chi connectivity index (χ4v) is 1.85. The Balaban J connectivity index is 3.77. The van der Waals surface area contributed by atoms with Crippen LogP contribution in [-0.4, -0.2) is 37.5 Å². The summed E-state index contributed by atoms with van der Waals surface area (Å²) in [5.41, 5.74) is 1.89. The minimum absolute atomic E-state index is 0.199. The molecule has 0 aromatic rings. The molecule has 0 heterocycles. The molecule has 16 heavy (non-hydrogen) atoms. The van der Waals surface area contributed by atoms with Crippen LogP contribution in [0.5, 0.6) is 0 Å². The minimum Gasteiger partial charge on any atom is -0.325 e. The lowest BCUT2D eigenvalue weighted by atomic mass is 10.1. The third-order valence-electron chi connectivity index (χ3n) is 2.59. The Labute approximate surface area is 100 Å². The Morgan fingerprint density at radius 3 is 2.12 bits per heavy atom. The van der Waals surface area contributed by atoms with Crippen molar-refractivity contribution in [3.05, 3.63) is 24.3 Å². The number of hydrogen-bond donors (Lipinski definition) is 0. The number of ketones is 1. The largest absolute Gasteiger partial charge is 0.325 e. The molecule has 0 rings (SSSR count). The van der Waals surface area contributed by atoms with Crippen LogP contribution >= 0.6 is 0 Å². The molecule has 0 fully saturated rings. The molecule has 0 aliphatic heterocycles. The molecule has 0 spiro atoms. The van der Waals surface area contributed by atoms with Crippen molar-refractivity contribution < 1.29 is 9.28 Å². The van der Waals surface area contributed by atoms with E-state index in [1.54, 1.807) is 6.92 Å². The van der Waals surface area contributed by atoms with Gasteiger partial charge in [-0.05, 0) is 37.8 Å². The zero-order chi connectivity index (χ0) is 12.8. The predicted molar refractivity (Wildman–Crippen MR) is 70.3 cm³/mol. The van der Waals surface area contributed by atoms with E-state index in [0.717, 1.165) is 30.4 Å². The average molecular weight is 224 g/mol. The lowest BCUT2D eigenvalue weighted by molar-refractivity contribution is -0.885. The zero-order valence-electron chi connectivity index (χ0n) is 11.3. The molecule has 0 unspecified atom stereocenters. The van der Waals surface area contributed by atoms with Gasteiger partial charge in [0.15, 0.2) is 5.78 Å². The van der Waals surface area contributed by atoms with E-state index in [1.165, 1.54) is 5.57 Å². The third kappa shape index (κ3) is 7.41. The lowest BCUT2D eigenvalue weighted by Gasteiger charge is -2.29. The van der Waals surface area contributed by atoms with Crippen molar-refractivity contribution in [3.8, 4) is 0 Å². The average Bonchev–Trinajstić information content (AvgIpc) is 2.09. The Kier molecular flexibility index (Phi) is 6.27. The van der Waals surface area contributed by atoms with Gasteiger partial charge in [-0.3, -0.25) is 4.79 Å². The first kappa shape index (κ1) is 15.1. The van der Waals surface area contributed by atoms with Crippen molar-refractivity contribution in [1.82, 2.24) is 0 Å². The number of likely N-dealkylation sites (N-methyl/N-ethyl adjacent to an activating group) is 1. The molecule has 0 amide bonds. The van der Waals surface area contributed by atoms with E-state index in [1.807, 2.05) is 0 Å². The quantitative estimate of drug-likeness (QED) is 0.268. The number of quaternary nitrogens is 1. The standard InChI is InChI=1S/C14H26NO/c1-12(2)11-15(5,6)10-8-7-9-14(16)13(3)4/h1,3,7-11H2,2,4-6H3/q+1. The van der Waals surface area contributed by atoms with Crippen LogP contribution in [0.15, 0.2) is 24.3 Å². The van der Waals surface area contributed by atoms with Gasteiger partial charge in [-0.2, -0.15) is 0 Å². The van der Waals surface area contributed by atoms with Gasteiger partial charge in [0.2, 0.25) is 0 Å². The van der Waals surface area contributed by atoms with Gasteiger partial charge in [0, 0.05) is 6.42 Å². The molecule has 0 saturated carbocycles. The Morgan fingerprint density at radius 2 is 1.69 bits per heavy atom. The summed E-state index contributed by atoms with van der Waals surface area (Å²) in [6.45, 7) is 13.5. The molecule has 92 valence electrons. The lowest BCUT2D eigenvalue weighted by Crippen LogP contribution is -2.41. The van der Waals surface area contributed by atoms with Crippen LogP contribution in [-0.2, 0) is 4.79 Å². The molecule has 2 nitrogen and oxygen atoms in total. The molecule has 0 aliphatic carbocycles. The molecule has 0 radical (unpaired) electrons. The summed E-state index contributed by atoms with van der Waals surface area (Å²) in [5.74, 6) is 0.199. The maximum absolute atomic E-state index is 11.3. The Morgan fingerprint density at radius 1 is 1.12 bits per heavy atom. The van der Waals surface area contributed by atoms with Crippen molar-refractivity contribution in [1.29, 1.82) is 0 Å². The second-order valence-corrected chi connectivity index (χ2v) is 5.44. The molecular formula is C14H26NO+. The van der Waals surface area contributed by atoms with Gasteiger partial charge in [0.25, 0.3) is 0 Å². The van der Waals surface area contributed by atoms with E-state index in [9.17, 15) is 4.79 Å². The number of carbonyl (C=O) groups excluding carboxylic acids is 1. The van der Waals surface area contributed by atoms with Crippen LogP contribution in [0.1, 0.15) is 33.1 Å². The summed E-state index contributed by atoms with van der Waals surface area (Å²) in [4.78, 5) is 11.3. The second-order valence-electron chi connectivity index (χ2n) is 5.44. The summed E-state index contributed by atoms with van der Waals surface area (Å²) in [5, 5.41) is 0. The molecule has 0 aromatic carbocycles. The number of Topliss-reactive ketones (excluding diaryl/α,β-unsaturated/α-hetero) is 1. The molecule has 0 bridgehead atoms. The SMILES string of the molecule is C=C(C)C[N+](C)(C)CCCCC(=O)C(=C)C. The van der Waals surface area contributed by atoms with Crippen LogP contribution in [0.25, 0.3) is 0 Å². The summed E-state index contributed by atoms with van der Waals surface area (Å²) in [6, 6.07) is 0. The molecule has 0 aromatic heterocycles. The Hall–Kier alpha value is -0.890. The molecule has 0 aliphatic rings. The van der Waals surface area contributed by atoms with Gasteiger partial charge >= 0.3 is 0 Å². The summed E-state index contributed by atoms with van der Waals surface area (Å²) >= 11 is 0. The maximum Gasteiger partial charge on any atom is 0.157 e. The van der Waals surface area contributed by atoms with E-state index >= 15 is 0 Å². The smallest absolute Gasteiger partial charge is 0.157 e. The normalized spacial score (nSPS) is 11.2. The summed E-state index contributed by atoms with van der Waals surface area (Å²) < 4.78 is 0.955. The maximum atomic E-state index is 11.3. The zero-order valence-corrected chi connectivity index (χ0v) is 11.3. The van der Waals surface area contributed by atoms with Crippen LogP contribution < -0.4 is 0 Å². The minimum atomic E-state index is 0.199. The number of hydrogen-bond acceptors (Lipinski definition) is 1. The third-order valence-corrected chi connectivity index (χ3v) is 2.59. The van der Waals surface area contributed by atoms with Crippen molar-refractivity contribution in [2.45, 2.75) is 33.1 Å². The molecule has 0 saturated heterocycles. The van der Waals surface area contributed by atoms with Gasteiger partial charge in [-0.15, -0.1) is 0 Å². The molecule has 0 atom stereocenters. The monoisotopic (exact) mass is 224 g/mol. The molecule has 2 heteroatoms. The summed E-state index contributed by atoms with van der Waals surface area (Å²) in [7, 11) is 4.41. The van der Waals surface area contributed by atoms with Crippen LogP contribution in [0.3, 0.4) is 0 Å². The van der Waals surface area contributed by atoms with Crippen LogP contribution in [0.4, 0.5) is 0 Å². The van der Waals surface area contributed by atoms with E-state index < -0.39 is 0 Å². The first-order valence-electron chi connectivity index (χ1n) is 5.90. The van der Waals surface area contributed by atoms with E-state index in [0.29, 0.717) is 12.0 Å². The summed E-state index contributed by atoms with van der Waals surface area (Å²) in [6.07, 6.45) is 2.69. The van der Waals surface area contributed by atoms with Crippen LogP contribution in [0.2, 0.25) is 0 Å². The van der Waals surface area contributed by atoms with Crippen molar-refractivity contribution in [2.24, 2.45) is 0 Å². The highest BCUT2D eigenvalue weighted by Gasteiger charge is 2.14. The molecular weight excluding hydrogens is 198 g/mol. The van der Waals surface area contributed by atoms with Crippen molar-refractivity contribution >= 4 is 5.78 Å². The van der Waals surface area contributed by atoms with E-state index in [4.69, 9.17) is 0 Å².